The van der Waals surface area contributed by atoms with E-state index in [9.17, 15) is 15.1 Å². The Labute approximate surface area is 183 Å². The number of ether oxygens (including phenoxy) is 2. The number of benzene rings is 2. The molecule has 0 unspecified atom stereocenters. The molecule has 0 atom stereocenters. The number of fused-ring (bicyclic) bond motifs is 1. The van der Waals surface area contributed by atoms with E-state index in [0.717, 1.165) is 18.4 Å². The monoisotopic (exact) mass is 425 g/mol. The summed E-state index contributed by atoms with van der Waals surface area (Å²) in [6.45, 7) is 10.9. The molecule has 1 aliphatic carbocycles. The quantitative estimate of drug-likeness (QED) is 0.288. The van der Waals surface area contributed by atoms with Gasteiger partial charge in [0.1, 0.15) is 29.4 Å². The van der Waals surface area contributed by atoms with Gasteiger partial charge in [-0.1, -0.05) is 45.0 Å². The molecule has 0 spiro atoms. The third-order valence-electron chi connectivity index (χ3n) is 6.15. The number of hydrogen-bond donors (Lipinski definition) is 2. The topological polar surface area (TPSA) is 88.4 Å². The SMILES string of the molecule is CCOC(=O)c1ccc(OC/C(=N/O)c2ccc3c(c2)C(C)(C)CCC3(C)C)cc1O. The van der Waals surface area contributed by atoms with Gasteiger partial charge in [-0.25, -0.2) is 4.79 Å². The first-order valence-corrected chi connectivity index (χ1v) is 10.6. The van der Waals surface area contributed by atoms with Crippen LogP contribution in [0.4, 0.5) is 0 Å². The first-order chi connectivity index (χ1) is 14.6. The van der Waals surface area contributed by atoms with Gasteiger partial charge in [-0.05, 0) is 59.9 Å². The lowest BCUT2D eigenvalue weighted by atomic mass is 9.63. The van der Waals surface area contributed by atoms with Crippen molar-refractivity contribution >= 4 is 11.7 Å². The van der Waals surface area contributed by atoms with Crippen molar-refractivity contribution in [3.8, 4) is 11.5 Å². The van der Waals surface area contributed by atoms with E-state index in [2.05, 4.69) is 45.0 Å². The second-order valence-electron chi connectivity index (χ2n) is 9.26. The van der Waals surface area contributed by atoms with Gasteiger partial charge in [-0.2, -0.15) is 0 Å². The van der Waals surface area contributed by atoms with E-state index in [1.165, 1.54) is 23.3 Å². The largest absolute Gasteiger partial charge is 0.507 e. The molecule has 0 aliphatic heterocycles. The maximum Gasteiger partial charge on any atom is 0.341 e. The van der Waals surface area contributed by atoms with Gasteiger partial charge in [0.05, 0.1) is 6.61 Å². The third kappa shape index (κ3) is 4.68. The van der Waals surface area contributed by atoms with Crippen LogP contribution in [0.1, 0.15) is 74.5 Å². The average Bonchev–Trinajstić information content (AvgIpc) is 2.72. The van der Waals surface area contributed by atoms with Crippen molar-refractivity contribution < 1.29 is 24.6 Å². The van der Waals surface area contributed by atoms with Crippen LogP contribution in [0, 0.1) is 0 Å². The van der Waals surface area contributed by atoms with Gasteiger partial charge >= 0.3 is 5.97 Å². The van der Waals surface area contributed by atoms with Crippen molar-refractivity contribution in [1.82, 2.24) is 0 Å². The Morgan fingerprint density at radius 1 is 1.03 bits per heavy atom. The van der Waals surface area contributed by atoms with Crippen LogP contribution in [0.3, 0.4) is 0 Å². The summed E-state index contributed by atoms with van der Waals surface area (Å²) < 4.78 is 10.6. The van der Waals surface area contributed by atoms with Gasteiger partial charge < -0.3 is 19.8 Å². The predicted molar refractivity (Wildman–Crippen MR) is 120 cm³/mol. The second-order valence-corrected chi connectivity index (χ2v) is 9.26. The van der Waals surface area contributed by atoms with Crippen molar-refractivity contribution in [3.63, 3.8) is 0 Å². The Bertz CT molecular complexity index is 1010. The number of phenolic OH excluding ortho intramolecular Hbond substituents is 1. The predicted octanol–water partition coefficient (Wildman–Crippen LogP) is 5.18. The molecule has 0 radical (unpaired) electrons. The third-order valence-corrected chi connectivity index (χ3v) is 6.15. The molecule has 6 heteroatoms. The molecule has 0 amide bonds. The molecule has 2 aromatic rings. The highest BCUT2D eigenvalue weighted by molar-refractivity contribution is 6.01. The normalized spacial score (nSPS) is 17.0. The molecule has 6 nitrogen and oxygen atoms in total. The van der Waals surface area contributed by atoms with Crippen molar-refractivity contribution in [2.24, 2.45) is 5.16 Å². The molecule has 0 fully saturated rings. The Balaban J connectivity index is 1.80. The summed E-state index contributed by atoms with van der Waals surface area (Å²) in [7, 11) is 0. The molecule has 2 N–H and O–H groups in total. The average molecular weight is 426 g/mol. The van der Waals surface area contributed by atoms with E-state index in [-0.39, 0.29) is 35.4 Å². The fourth-order valence-electron chi connectivity index (χ4n) is 4.07. The van der Waals surface area contributed by atoms with E-state index in [1.54, 1.807) is 13.0 Å². The van der Waals surface area contributed by atoms with Crippen LogP contribution < -0.4 is 4.74 Å². The maximum atomic E-state index is 11.8. The number of hydrogen-bond acceptors (Lipinski definition) is 6. The number of phenols is 1. The molecule has 2 aromatic carbocycles. The molecule has 0 saturated carbocycles. The molecule has 0 aromatic heterocycles. The van der Waals surface area contributed by atoms with Crippen LogP contribution in [0.25, 0.3) is 0 Å². The van der Waals surface area contributed by atoms with Crippen LogP contribution >= 0.6 is 0 Å². The maximum absolute atomic E-state index is 11.8. The minimum Gasteiger partial charge on any atom is -0.507 e. The highest BCUT2D eigenvalue weighted by Gasteiger charge is 2.37. The van der Waals surface area contributed by atoms with E-state index >= 15 is 0 Å². The molecular formula is C25H31NO5. The molecule has 0 heterocycles. The Morgan fingerprint density at radius 2 is 1.71 bits per heavy atom. The van der Waals surface area contributed by atoms with Crippen molar-refractivity contribution in [2.75, 3.05) is 13.2 Å². The molecule has 0 saturated heterocycles. The highest BCUT2D eigenvalue weighted by Crippen LogP contribution is 2.45. The van der Waals surface area contributed by atoms with Crippen LogP contribution in [-0.2, 0) is 15.6 Å². The summed E-state index contributed by atoms with van der Waals surface area (Å²) in [4.78, 5) is 11.8. The summed E-state index contributed by atoms with van der Waals surface area (Å²) in [6.07, 6.45) is 2.21. The molecule has 0 bridgehead atoms. The van der Waals surface area contributed by atoms with Gasteiger partial charge in [0.15, 0.2) is 0 Å². The molecule has 1 aliphatic rings. The first kappa shape index (κ1) is 22.7. The Kier molecular flexibility index (Phi) is 6.30. The van der Waals surface area contributed by atoms with E-state index in [0.29, 0.717) is 11.5 Å². The van der Waals surface area contributed by atoms with Gasteiger partial charge in [-0.15, -0.1) is 0 Å². The zero-order valence-electron chi connectivity index (χ0n) is 18.9. The number of nitrogens with zero attached hydrogens (tertiary/aromatic N) is 1. The lowest BCUT2D eigenvalue weighted by Crippen LogP contribution is -2.34. The smallest absolute Gasteiger partial charge is 0.341 e. The fourth-order valence-corrected chi connectivity index (χ4v) is 4.07. The van der Waals surface area contributed by atoms with Crippen LogP contribution in [0.15, 0.2) is 41.6 Å². The van der Waals surface area contributed by atoms with Crippen LogP contribution in [-0.4, -0.2) is 35.2 Å². The molecule has 31 heavy (non-hydrogen) atoms. The summed E-state index contributed by atoms with van der Waals surface area (Å²) in [5, 5.41) is 23.2. The lowest BCUT2D eigenvalue weighted by Gasteiger charge is -2.42. The summed E-state index contributed by atoms with van der Waals surface area (Å²) in [5.41, 5.74) is 3.98. The van der Waals surface area contributed by atoms with Crippen LogP contribution in [0.2, 0.25) is 0 Å². The standard InChI is InChI=1S/C25H31NO5/c1-6-30-23(28)18-9-8-17(14-22(18)27)31-15-21(26-29)16-7-10-19-20(13-16)25(4,5)12-11-24(19,2)3/h7-10,13-14,27,29H,6,11-12,15H2,1-5H3/b26-21-. The fraction of sp³-hybridized carbons (Fsp3) is 0.440. The molecular weight excluding hydrogens is 394 g/mol. The number of oxime groups is 1. The molecule has 3 rings (SSSR count). The number of aromatic hydroxyl groups is 1. The van der Waals surface area contributed by atoms with Crippen molar-refractivity contribution in [2.45, 2.75) is 58.3 Å². The number of rotatable bonds is 6. The van der Waals surface area contributed by atoms with E-state index < -0.39 is 5.97 Å². The van der Waals surface area contributed by atoms with Crippen LogP contribution in [0.5, 0.6) is 11.5 Å². The highest BCUT2D eigenvalue weighted by atomic mass is 16.5. The zero-order valence-corrected chi connectivity index (χ0v) is 18.9. The summed E-state index contributed by atoms with van der Waals surface area (Å²) in [5.74, 6) is -0.467. The number of carbonyl (C=O) groups is 1. The zero-order chi connectivity index (χ0) is 22.8. The van der Waals surface area contributed by atoms with E-state index in [1.807, 2.05) is 6.07 Å². The molecule has 166 valence electrons. The summed E-state index contributed by atoms with van der Waals surface area (Å²) >= 11 is 0. The lowest BCUT2D eigenvalue weighted by molar-refractivity contribution is 0.0523. The van der Waals surface area contributed by atoms with Gasteiger partial charge in [0.2, 0.25) is 0 Å². The van der Waals surface area contributed by atoms with E-state index in [4.69, 9.17) is 9.47 Å². The summed E-state index contributed by atoms with van der Waals surface area (Å²) in [6, 6.07) is 10.5. The van der Waals surface area contributed by atoms with Gasteiger partial charge in [-0.3, -0.25) is 0 Å². The number of carbonyl (C=O) groups excluding carboxylic acids is 1. The van der Waals surface area contributed by atoms with Crippen molar-refractivity contribution in [3.05, 3.63) is 58.7 Å². The minimum absolute atomic E-state index is 0.0112. The van der Waals surface area contributed by atoms with Gasteiger partial charge in [0, 0.05) is 11.6 Å². The first-order valence-electron chi connectivity index (χ1n) is 10.6. The Morgan fingerprint density at radius 3 is 2.32 bits per heavy atom. The Hall–Kier alpha value is -3.02. The van der Waals surface area contributed by atoms with Gasteiger partial charge in [0.25, 0.3) is 0 Å². The second kappa shape index (κ2) is 8.61. The van der Waals surface area contributed by atoms with Crippen molar-refractivity contribution in [1.29, 1.82) is 0 Å². The minimum atomic E-state index is -0.594. The number of esters is 1.